The van der Waals surface area contributed by atoms with Crippen LogP contribution in [0.3, 0.4) is 0 Å². The van der Waals surface area contributed by atoms with Crippen molar-refractivity contribution in [3.8, 4) is 0 Å². The summed E-state index contributed by atoms with van der Waals surface area (Å²) in [4.78, 5) is 74.2. The van der Waals surface area contributed by atoms with Gasteiger partial charge in [0.2, 0.25) is 23.6 Å². The minimum Gasteiger partial charge on any atom is -0.474 e. The van der Waals surface area contributed by atoms with Gasteiger partial charge in [-0.05, 0) is 43.6 Å². The van der Waals surface area contributed by atoms with Crippen LogP contribution < -0.4 is 21.3 Å². The molecule has 8 bridgehead atoms. The van der Waals surface area contributed by atoms with Gasteiger partial charge in [0.1, 0.15) is 45.7 Å². The molecule has 2 aromatic heterocycles. The van der Waals surface area contributed by atoms with Crippen LogP contribution in [0.15, 0.2) is 51.1 Å². The Kier molecular flexibility index (Phi) is 12.3. The number of amides is 4. The average Bonchev–Trinajstić information content (AvgIpc) is 3.98. The van der Waals surface area contributed by atoms with Crippen molar-refractivity contribution in [2.24, 2.45) is 27.7 Å². The highest BCUT2D eigenvalue weighted by Gasteiger charge is 2.41. The van der Waals surface area contributed by atoms with Crippen LogP contribution in [0.5, 0.6) is 0 Å². The van der Waals surface area contributed by atoms with E-state index in [4.69, 9.17) is 24.4 Å². The summed E-state index contributed by atoms with van der Waals surface area (Å²) < 4.78 is 12.3. The van der Waals surface area contributed by atoms with Gasteiger partial charge in [-0.3, -0.25) is 19.2 Å². The Balaban J connectivity index is 1.39. The van der Waals surface area contributed by atoms with Crippen LogP contribution in [0, 0.1) is 17.8 Å². The lowest BCUT2D eigenvalue weighted by Gasteiger charge is -2.24. The largest absolute Gasteiger partial charge is 0.474 e. The molecule has 3 aromatic rings. The summed E-state index contributed by atoms with van der Waals surface area (Å²) in [6, 6.07) is 5.59. The smallest absolute Gasteiger partial charge is 0.271 e. The number of nitrogens with one attached hydrogen (secondary N) is 4. The third kappa shape index (κ3) is 8.90. The molecule has 294 valence electrons. The molecule has 1 aromatic carbocycles. The zero-order valence-corrected chi connectivity index (χ0v) is 34.0. The molecule has 0 aliphatic carbocycles. The number of rotatable bonds is 6. The molecule has 9 atom stereocenters. The number of thiazole rings is 2. The normalized spacial score (nSPS) is 28.2. The molecular formula is C39H50N8O6S2. The molecule has 0 spiro atoms. The van der Waals surface area contributed by atoms with Crippen molar-refractivity contribution in [3.63, 3.8) is 0 Å². The van der Waals surface area contributed by atoms with Gasteiger partial charge in [0.05, 0.1) is 12.1 Å². The van der Waals surface area contributed by atoms with Crippen LogP contribution in [0.25, 0.3) is 0 Å². The Morgan fingerprint density at radius 3 is 1.75 bits per heavy atom. The number of aromatic nitrogens is 2. The van der Waals surface area contributed by atoms with E-state index in [1.54, 1.807) is 24.6 Å². The number of hydrogen-bond acceptors (Lipinski definition) is 12. The van der Waals surface area contributed by atoms with Crippen molar-refractivity contribution in [1.82, 2.24) is 31.2 Å². The van der Waals surface area contributed by atoms with Crippen molar-refractivity contribution >= 4 is 58.1 Å². The van der Waals surface area contributed by atoms with Crippen LogP contribution in [-0.4, -0.2) is 81.8 Å². The number of benzene rings is 1. The zero-order valence-electron chi connectivity index (χ0n) is 32.4. The number of aliphatic imine (C=N–C) groups is 2. The second-order valence-corrected chi connectivity index (χ2v) is 16.9. The van der Waals surface area contributed by atoms with E-state index in [0.29, 0.717) is 22.9 Å². The highest BCUT2D eigenvalue weighted by atomic mass is 32.1. The third-order valence-corrected chi connectivity index (χ3v) is 12.1. The van der Waals surface area contributed by atoms with Crippen molar-refractivity contribution in [3.05, 3.63) is 68.1 Å². The fourth-order valence-corrected chi connectivity index (χ4v) is 8.55. The van der Waals surface area contributed by atoms with E-state index < -0.39 is 60.3 Å². The monoisotopic (exact) mass is 790 g/mol. The Bertz CT molecular complexity index is 1940. The van der Waals surface area contributed by atoms with Gasteiger partial charge in [-0.1, -0.05) is 78.3 Å². The van der Waals surface area contributed by atoms with Crippen LogP contribution in [0.1, 0.15) is 110 Å². The highest BCUT2D eigenvalue weighted by Crippen LogP contribution is 2.29. The molecular weight excluding hydrogens is 741 g/mol. The van der Waals surface area contributed by atoms with Crippen molar-refractivity contribution in [2.45, 2.75) is 117 Å². The molecule has 1 unspecified atom stereocenters. The minimum absolute atomic E-state index is 0.0673. The Morgan fingerprint density at radius 2 is 1.18 bits per heavy atom. The first-order valence-electron chi connectivity index (χ1n) is 18.9. The van der Waals surface area contributed by atoms with Crippen LogP contribution in [0.4, 0.5) is 0 Å². The molecule has 0 saturated carbocycles. The molecule has 4 N–H and O–H groups in total. The van der Waals surface area contributed by atoms with E-state index in [1.165, 1.54) is 22.7 Å². The minimum atomic E-state index is -0.893. The second-order valence-electron chi connectivity index (χ2n) is 15.1. The quantitative estimate of drug-likeness (QED) is 0.275. The second kappa shape index (κ2) is 17.0. The number of carbonyl (C=O) groups is 4. The zero-order chi connectivity index (χ0) is 39.6. The first-order chi connectivity index (χ1) is 26.2. The summed E-state index contributed by atoms with van der Waals surface area (Å²) in [5.74, 6) is -1.32. The fourth-order valence-electron chi connectivity index (χ4n) is 6.68. The van der Waals surface area contributed by atoms with E-state index in [-0.39, 0.29) is 52.8 Å². The Labute approximate surface area is 329 Å². The Morgan fingerprint density at radius 1 is 0.673 bits per heavy atom. The first-order valence-corrected chi connectivity index (χ1v) is 20.7. The molecule has 3 aliphatic heterocycles. The molecule has 55 heavy (non-hydrogen) atoms. The summed E-state index contributed by atoms with van der Waals surface area (Å²) in [5, 5.41) is 16.8. The lowest BCUT2D eigenvalue weighted by Crippen LogP contribution is -2.45. The van der Waals surface area contributed by atoms with Crippen molar-refractivity contribution in [2.75, 3.05) is 0 Å². The third-order valence-electron chi connectivity index (χ3n) is 10.2. The number of fused-ring (bicyclic) bond motifs is 6. The van der Waals surface area contributed by atoms with Gasteiger partial charge >= 0.3 is 0 Å². The molecule has 4 amide bonds. The number of hydrogen-bond donors (Lipinski definition) is 4. The lowest BCUT2D eigenvalue weighted by atomic mass is 9.98. The average molecular weight is 791 g/mol. The summed E-state index contributed by atoms with van der Waals surface area (Å²) in [5.41, 5.74) is 1.35. The van der Waals surface area contributed by atoms with Crippen LogP contribution >= 0.6 is 22.7 Å². The van der Waals surface area contributed by atoms with E-state index >= 15 is 0 Å². The fraction of sp³-hybridized carbons (Fsp3) is 0.538. The van der Waals surface area contributed by atoms with E-state index in [2.05, 4.69) is 26.3 Å². The molecule has 0 fully saturated rings. The molecule has 0 radical (unpaired) electrons. The van der Waals surface area contributed by atoms with E-state index in [0.717, 1.165) is 5.56 Å². The number of nitrogens with zero attached hydrogens (tertiary/aromatic N) is 4. The Hall–Kier alpha value is -4.70. The first kappa shape index (κ1) is 40.0. The summed E-state index contributed by atoms with van der Waals surface area (Å²) in [6.45, 7) is 15.3. The predicted molar refractivity (Wildman–Crippen MR) is 211 cm³/mol. The predicted octanol–water partition coefficient (Wildman–Crippen LogP) is 4.80. The van der Waals surface area contributed by atoms with E-state index in [1.807, 2.05) is 71.9 Å². The summed E-state index contributed by atoms with van der Waals surface area (Å²) in [6.07, 6.45) is -0.0891. The maximum Gasteiger partial charge on any atom is 0.271 e. The number of ether oxygens (including phenoxy) is 2. The summed E-state index contributed by atoms with van der Waals surface area (Å²) in [7, 11) is 0. The maximum absolute atomic E-state index is 14.0. The van der Waals surface area contributed by atoms with Gasteiger partial charge in [0.25, 0.3) is 11.8 Å². The van der Waals surface area contributed by atoms with Crippen LogP contribution in [0.2, 0.25) is 0 Å². The van der Waals surface area contributed by atoms with Crippen molar-refractivity contribution in [1.29, 1.82) is 0 Å². The van der Waals surface area contributed by atoms with Gasteiger partial charge in [-0.2, -0.15) is 0 Å². The highest BCUT2D eigenvalue weighted by molar-refractivity contribution is 7.10. The molecule has 6 rings (SSSR count). The van der Waals surface area contributed by atoms with Gasteiger partial charge in [-0.15, -0.1) is 22.7 Å². The van der Waals surface area contributed by atoms with Crippen LogP contribution in [-0.2, 0) is 25.5 Å². The van der Waals surface area contributed by atoms with E-state index in [9.17, 15) is 19.2 Å². The SMILES string of the molecule is CCC(C)[C@@H]1NC(=O)c2csc(n2)[C@@H](Cc2ccccc2)NC(=O)[C@H]2N=C(O[C@@H]2C)[C@H](C(C)C)NC(=O)c2csc(n2)[C@@H](C(C)C)NC(=O)[C@H]2N=C1O[C@@H]2C. The van der Waals surface area contributed by atoms with Crippen molar-refractivity contribution < 1.29 is 28.7 Å². The van der Waals surface area contributed by atoms with Gasteiger partial charge in [0.15, 0.2) is 12.1 Å². The van der Waals surface area contributed by atoms with Gasteiger partial charge in [-0.25, -0.2) is 20.0 Å². The molecule has 3 aliphatic rings. The molecule has 5 heterocycles. The molecule has 0 saturated heterocycles. The lowest BCUT2D eigenvalue weighted by molar-refractivity contribution is -0.125. The molecule has 14 nitrogen and oxygen atoms in total. The van der Waals surface area contributed by atoms with Gasteiger partial charge < -0.3 is 30.7 Å². The maximum atomic E-state index is 14.0. The summed E-state index contributed by atoms with van der Waals surface area (Å²) >= 11 is 2.55. The number of carbonyl (C=O) groups excluding carboxylic acids is 4. The standard InChI is InChI=1S/C39H50N8O6S2/c1-9-20(6)29-37-47-31(22(8)53-37)35(51)44-28(19(4)5)39-42-26(17-55-39)32(48)43-27(18(2)3)36-46-30(21(7)52-36)34(50)40-24(15-23-13-11-10-12-14-23)38-41-25(16-54-38)33(49)45-29/h10-14,16-22,24,27-31H,9,15H2,1-8H3,(H,40,50)(H,43,48)(H,44,51)(H,45,49)/t20?,21-,22-,24-,27+,28-,29+,30+,31+/m1/s1. The topological polar surface area (TPSA) is 185 Å². The molecule has 16 heteroatoms. The van der Waals surface area contributed by atoms with Gasteiger partial charge in [0, 0.05) is 10.8 Å².